The Kier molecular flexibility index (Phi) is 3.40. The van der Waals surface area contributed by atoms with E-state index >= 15 is 0 Å². The lowest BCUT2D eigenvalue weighted by molar-refractivity contribution is -0.120. The fourth-order valence-electron chi connectivity index (χ4n) is 1.25. The van der Waals surface area contributed by atoms with Gasteiger partial charge in [0.2, 0.25) is 5.91 Å². The van der Waals surface area contributed by atoms with Crippen LogP contribution in [0.2, 0.25) is 0 Å². The summed E-state index contributed by atoms with van der Waals surface area (Å²) in [7, 11) is 1.72. The maximum absolute atomic E-state index is 10.7. The van der Waals surface area contributed by atoms with Gasteiger partial charge >= 0.3 is 0 Å². The van der Waals surface area contributed by atoms with Gasteiger partial charge in [0.25, 0.3) is 0 Å². The first kappa shape index (κ1) is 9.86. The highest BCUT2D eigenvalue weighted by Gasteiger charge is 2.34. The summed E-state index contributed by atoms with van der Waals surface area (Å²) in [6.45, 7) is 2.18. The summed E-state index contributed by atoms with van der Waals surface area (Å²) < 4.78 is 5.41. The van der Waals surface area contributed by atoms with Crippen LogP contribution < -0.4 is 5.32 Å². The van der Waals surface area contributed by atoms with Gasteiger partial charge in [0.1, 0.15) is 0 Å². The summed E-state index contributed by atoms with van der Waals surface area (Å²) >= 11 is 1.88. The molecule has 0 radical (unpaired) electrons. The highest BCUT2D eigenvalue weighted by atomic mass is 32.2. The van der Waals surface area contributed by atoms with E-state index in [9.17, 15) is 4.79 Å². The van der Waals surface area contributed by atoms with Crippen molar-refractivity contribution in [2.75, 3.05) is 25.2 Å². The van der Waals surface area contributed by atoms with E-state index in [1.54, 1.807) is 7.11 Å². The van der Waals surface area contributed by atoms with Crippen LogP contribution in [0, 0.1) is 0 Å². The smallest absolute Gasteiger partial charge is 0.216 e. The Morgan fingerprint density at radius 3 is 2.92 bits per heavy atom. The zero-order valence-electron chi connectivity index (χ0n) is 7.55. The van der Waals surface area contributed by atoms with Gasteiger partial charge in [-0.2, -0.15) is 11.8 Å². The van der Waals surface area contributed by atoms with Crippen LogP contribution in [0.25, 0.3) is 0 Å². The van der Waals surface area contributed by atoms with E-state index in [-0.39, 0.29) is 11.5 Å². The van der Waals surface area contributed by atoms with E-state index in [2.05, 4.69) is 5.32 Å². The van der Waals surface area contributed by atoms with Gasteiger partial charge in [-0.3, -0.25) is 4.79 Å². The van der Waals surface area contributed by atoms with E-state index in [4.69, 9.17) is 4.74 Å². The monoisotopic (exact) mass is 189 g/mol. The molecule has 0 bridgehead atoms. The molecule has 1 N–H and O–H groups in total. The molecule has 0 aliphatic carbocycles. The molecule has 1 atom stereocenters. The van der Waals surface area contributed by atoms with Gasteiger partial charge in [-0.05, 0) is 12.2 Å². The number of nitrogens with one attached hydrogen (secondary N) is 1. The van der Waals surface area contributed by atoms with Crippen LogP contribution in [0.1, 0.15) is 13.3 Å². The average Bonchev–Trinajstić information content (AvgIpc) is 2.50. The second-order valence-corrected chi connectivity index (χ2v) is 4.20. The molecule has 0 saturated carbocycles. The van der Waals surface area contributed by atoms with Crippen LogP contribution in [0.4, 0.5) is 0 Å². The number of carbonyl (C=O) groups is 1. The Morgan fingerprint density at radius 1 is 1.75 bits per heavy atom. The van der Waals surface area contributed by atoms with E-state index in [1.165, 1.54) is 6.92 Å². The second-order valence-electron chi connectivity index (χ2n) is 3.10. The standard InChI is InChI=1S/C8H15NO2S/c1-7(10)9-5-8(11-2)3-4-12-6-8/h3-6H2,1-2H3,(H,9,10). The molecule has 1 amide bonds. The summed E-state index contributed by atoms with van der Waals surface area (Å²) in [5, 5.41) is 2.80. The van der Waals surface area contributed by atoms with Crippen molar-refractivity contribution in [2.45, 2.75) is 18.9 Å². The van der Waals surface area contributed by atoms with Gasteiger partial charge in [-0.25, -0.2) is 0 Å². The van der Waals surface area contributed by atoms with Crippen molar-refractivity contribution in [3.63, 3.8) is 0 Å². The number of thioether (sulfide) groups is 1. The normalized spacial score (nSPS) is 28.8. The van der Waals surface area contributed by atoms with Crippen LogP contribution >= 0.6 is 11.8 Å². The molecule has 0 spiro atoms. The van der Waals surface area contributed by atoms with Crippen molar-refractivity contribution in [2.24, 2.45) is 0 Å². The molecule has 4 heteroatoms. The zero-order valence-corrected chi connectivity index (χ0v) is 8.37. The van der Waals surface area contributed by atoms with E-state index in [0.29, 0.717) is 6.54 Å². The molecule has 1 aliphatic rings. The molecular formula is C8H15NO2S. The largest absolute Gasteiger partial charge is 0.376 e. The van der Waals surface area contributed by atoms with Gasteiger partial charge in [0.15, 0.2) is 0 Å². The molecule has 70 valence electrons. The number of hydrogen-bond donors (Lipinski definition) is 1. The van der Waals surface area contributed by atoms with Crippen molar-refractivity contribution in [1.82, 2.24) is 5.32 Å². The third-order valence-electron chi connectivity index (χ3n) is 2.16. The molecule has 1 unspecified atom stereocenters. The summed E-state index contributed by atoms with van der Waals surface area (Å²) in [4.78, 5) is 10.7. The quantitative estimate of drug-likeness (QED) is 0.708. The van der Waals surface area contributed by atoms with E-state index < -0.39 is 0 Å². The number of rotatable bonds is 3. The fourth-order valence-corrected chi connectivity index (χ4v) is 2.64. The van der Waals surface area contributed by atoms with Crippen molar-refractivity contribution < 1.29 is 9.53 Å². The lowest BCUT2D eigenvalue weighted by atomic mass is 10.0. The summed E-state index contributed by atoms with van der Waals surface area (Å²) in [6, 6.07) is 0. The van der Waals surface area contributed by atoms with E-state index in [0.717, 1.165) is 17.9 Å². The lowest BCUT2D eigenvalue weighted by Gasteiger charge is -2.26. The van der Waals surface area contributed by atoms with Crippen LogP contribution in [0.15, 0.2) is 0 Å². The van der Waals surface area contributed by atoms with Crippen LogP contribution in [-0.2, 0) is 9.53 Å². The molecule has 1 rings (SSSR count). The molecular weight excluding hydrogens is 174 g/mol. The van der Waals surface area contributed by atoms with Gasteiger partial charge in [-0.15, -0.1) is 0 Å². The van der Waals surface area contributed by atoms with Crippen molar-refractivity contribution in [3.05, 3.63) is 0 Å². The third kappa shape index (κ3) is 2.38. The first-order valence-corrected chi connectivity index (χ1v) is 5.21. The summed E-state index contributed by atoms with van der Waals surface area (Å²) in [5.41, 5.74) is -0.101. The first-order valence-electron chi connectivity index (χ1n) is 4.06. The molecule has 0 aromatic rings. The molecule has 1 fully saturated rings. The van der Waals surface area contributed by atoms with E-state index in [1.807, 2.05) is 11.8 Å². The number of methoxy groups -OCH3 is 1. The highest BCUT2D eigenvalue weighted by molar-refractivity contribution is 7.99. The number of hydrogen-bond acceptors (Lipinski definition) is 3. The molecule has 0 aromatic carbocycles. The van der Waals surface area contributed by atoms with Crippen molar-refractivity contribution in [3.8, 4) is 0 Å². The minimum Gasteiger partial charge on any atom is -0.376 e. The topological polar surface area (TPSA) is 38.3 Å². The Bertz CT molecular complexity index is 166. The Balaban J connectivity index is 2.39. The number of amides is 1. The Hall–Kier alpha value is -0.220. The predicted molar refractivity (Wildman–Crippen MR) is 50.4 cm³/mol. The van der Waals surface area contributed by atoms with Crippen LogP contribution in [0.5, 0.6) is 0 Å². The fraction of sp³-hybridized carbons (Fsp3) is 0.875. The number of ether oxygens (including phenoxy) is 1. The van der Waals surface area contributed by atoms with Crippen LogP contribution in [-0.4, -0.2) is 36.7 Å². The number of carbonyl (C=O) groups excluding carboxylic acids is 1. The molecule has 3 nitrogen and oxygen atoms in total. The van der Waals surface area contributed by atoms with Crippen molar-refractivity contribution >= 4 is 17.7 Å². The maximum Gasteiger partial charge on any atom is 0.216 e. The van der Waals surface area contributed by atoms with Gasteiger partial charge in [0, 0.05) is 26.3 Å². The molecule has 1 heterocycles. The molecule has 1 saturated heterocycles. The predicted octanol–water partition coefficient (Wildman–Crippen LogP) is 0.645. The first-order chi connectivity index (χ1) is 5.68. The van der Waals surface area contributed by atoms with Gasteiger partial charge in [-0.1, -0.05) is 0 Å². The highest BCUT2D eigenvalue weighted by Crippen LogP contribution is 2.30. The Morgan fingerprint density at radius 2 is 2.50 bits per heavy atom. The summed E-state index contributed by atoms with van der Waals surface area (Å²) in [5.74, 6) is 2.14. The SMILES string of the molecule is COC1(CNC(C)=O)CCSC1. The minimum atomic E-state index is -0.101. The van der Waals surface area contributed by atoms with Gasteiger partial charge in [0.05, 0.1) is 5.60 Å². The molecule has 0 aromatic heterocycles. The van der Waals surface area contributed by atoms with Gasteiger partial charge < -0.3 is 10.1 Å². The lowest BCUT2D eigenvalue weighted by Crippen LogP contribution is -2.43. The summed E-state index contributed by atoms with van der Waals surface area (Å²) in [6.07, 6.45) is 1.04. The average molecular weight is 189 g/mol. The molecule has 1 aliphatic heterocycles. The second kappa shape index (κ2) is 4.14. The third-order valence-corrected chi connectivity index (χ3v) is 3.38. The van der Waals surface area contributed by atoms with Crippen LogP contribution in [0.3, 0.4) is 0 Å². The maximum atomic E-state index is 10.7. The molecule has 12 heavy (non-hydrogen) atoms. The Labute approximate surface area is 77.2 Å². The van der Waals surface area contributed by atoms with Crippen molar-refractivity contribution in [1.29, 1.82) is 0 Å². The minimum absolute atomic E-state index is 0.0170. The zero-order chi connectivity index (χ0) is 9.03.